The van der Waals surface area contributed by atoms with E-state index in [1.54, 1.807) is 0 Å². The summed E-state index contributed by atoms with van der Waals surface area (Å²) in [6.45, 7) is 0. The zero-order valence-electron chi connectivity index (χ0n) is 16.8. The topological polar surface area (TPSA) is 72.6 Å². The first-order valence-corrected chi connectivity index (χ1v) is 9.33. The normalized spacial score (nSPS) is 12.2. The quantitative estimate of drug-likeness (QED) is 0.546. The molecule has 0 saturated heterocycles. The van der Waals surface area contributed by atoms with Crippen LogP contribution in [0.3, 0.4) is 0 Å². The van der Waals surface area contributed by atoms with Crippen molar-refractivity contribution < 1.29 is 31.9 Å². The van der Waals surface area contributed by atoms with Gasteiger partial charge < -0.3 is 15.4 Å². The number of nitrogens with zero attached hydrogens (tertiary/aromatic N) is 1. The van der Waals surface area contributed by atoms with Crippen molar-refractivity contribution in [1.29, 1.82) is 0 Å². The van der Waals surface area contributed by atoms with Crippen LogP contribution in [-0.4, -0.2) is 23.8 Å². The number of carbonyl (C=O) groups excluding carboxylic acids is 2. The molecule has 3 aromatic rings. The number of hydrogen-bond acceptors (Lipinski definition) is 3. The first-order chi connectivity index (χ1) is 15.1. The number of alkyl halides is 3. The number of carbonyl (C=O) groups is 2. The van der Waals surface area contributed by atoms with Gasteiger partial charge in [-0.25, -0.2) is 4.39 Å². The van der Waals surface area contributed by atoms with Crippen LogP contribution in [0.2, 0.25) is 0 Å². The third-order valence-electron chi connectivity index (χ3n) is 4.62. The maximum absolute atomic E-state index is 13.6. The second-order valence-corrected chi connectivity index (χ2v) is 6.93. The molecule has 2 N–H and O–H groups in total. The average Bonchev–Trinajstić information content (AvgIpc) is 2.73. The lowest BCUT2D eigenvalue weighted by Gasteiger charge is -2.26. The highest BCUT2D eigenvalue weighted by Crippen LogP contribution is 2.33. The number of likely N-dealkylation sites (N-methyl/N-ethyl adjacent to an activating group) is 1. The van der Waals surface area contributed by atoms with Gasteiger partial charge in [-0.1, -0.05) is 24.3 Å². The summed E-state index contributed by atoms with van der Waals surface area (Å²) in [5.41, 5.74) is 4.87. The molecule has 5 nitrogen and oxygen atoms in total. The molecular weight excluding hydrogens is 428 g/mol. The van der Waals surface area contributed by atoms with E-state index in [1.807, 2.05) is 0 Å². The van der Waals surface area contributed by atoms with E-state index in [0.29, 0.717) is 0 Å². The molecule has 1 atom stereocenters. The van der Waals surface area contributed by atoms with Crippen molar-refractivity contribution in [2.45, 2.75) is 12.2 Å². The summed E-state index contributed by atoms with van der Waals surface area (Å²) in [6.07, 6.45) is -4.53. The van der Waals surface area contributed by atoms with Gasteiger partial charge in [-0.05, 0) is 54.1 Å². The van der Waals surface area contributed by atoms with E-state index >= 15 is 0 Å². The van der Waals surface area contributed by atoms with E-state index in [2.05, 4.69) is 0 Å². The van der Waals surface area contributed by atoms with Crippen LogP contribution in [0.4, 0.5) is 17.6 Å². The van der Waals surface area contributed by atoms with Crippen LogP contribution in [0.25, 0.3) is 0 Å². The van der Waals surface area contributed by atoms with Crippen molar-refractivity contribution in [2.75, 3.05) is 7.05 Å². The molecule has 1 unspecified atom stereocenters. The molecule has 0 heterocycles. The fourth-order valence-corrected chi connectivity index (χ4v) is 3.14. The van der Waals surface area contributed by atoms with Crippen LogP contribution in [0.15, 0.2) is 72.8 Å². The third kappa shape index (κ3) is 5.23. The van der Waals surface area contributed by atoms with Crippen LogP contribution in [0.1, 0.15) is 27.5 Å². The Balaban J connectivity index is 1.85. The number of rotatable bonds is 6. The molecule has 2 amide bonds. The Labute approximate surface area is 181 Å². The molecular formula is C23H18F4N2O3. The molecule has 0 radical (unpaired) electrons. The number of hydrogen-bond donors (Lipinski definition) is 1. The lowest BCUT2D eigenvalue weighted by atomic mass is 10.0. The minimum absolute atomic E-state index is 0.0625. The molecule has 9 heteroatoms. The van der Waals surface area contributed by atoms with Crippen molar-refractivity contribution in [3.8, 4) is 11.5 Å². The summed E-state index contributed by atoms with van der Waals surface area (Å²) in [5, 5.41) is 0. The van der Waals surface area contributed by atoms with Gasteiger partial charge in [0, 0.05) is 12.6 Å². The molecule has 0 aliphatic rings. The lowest BCUT2D eigenvalue weighted by molar-refractivity contribution is -0.137. The Bertz CT molecular complexity index is 1150. The van der Waals surface area contributed by atoms with E-state index in [1.165, 1.54) is 61.6 Å². The molecule has 0 aliphatic heterocycles. The van der Waals surface area contributed by atoms with Crippen LogP contribution in [0.5, 0.6) is 11.5 Å². The van der Waals surface area contributed by atoms with Gasteiger partial charge in [0.2, 0.25) is 5.91 Å². The van der Waals surface area contributed by atoms with Gasteiger partial charge in [-0.15, -0.1) is 0 Å². The standard InChI is InChI=1S/C23H18F4N2O3/c1-29(20(21(28)30)14-5-2-8-17(24)11-14)22(31)15-6-3-9-18(12-15)32-19-10-4-7-16(13-19)23(25,26)27/h2-13,20H,1H3,(H2,28,30). The van der Waals surface area contributed by atoms with E-state index in [4.69, 9.17) is 10.5 Å². The van der Waals surface area contributed by atoms with E-state index in [0.717, 1.165) is 23.1 Å². The number of amides is 2. The third-order valence-corrected chi connectivity index (χ3v) is 4.62. The Morgan fingerprint density at radius 3 is 2.19 bits per heavy atom. The molecule has 0 fully saturated rings. The number of primary amides is 1. The summed E-state index contributed by atoms with van der Waals surface area (Å²) in [6, 6.07) is 13.9. The van der Waals surface area contributed by atoms with Crippen LogP contribution in [0, 0.1) is 5.82 Å². The molecule has 3 rings (SSSR count). The van der Waals surface area contributed by atoms with Crippen molar-refractivity contribution in [1.82, 2.24) is 4.90 Å². The van der Waals surface area contributed by atoms with Gasteiger partial charge in [0.25, 0.3) is 5.91 Å². The zero-order valence-corrected chi connectivity index (χ0v) is 16.8. The molecule has 3 aromatic carbocycles. The van der Waals surface area contributed by atoms with Crippen molar-refractivity contribution in [3.63, 3.8) is 0 Å². The summed E-state index contributed by atoms with van der Waals surface area (Å²) < 4.78 is 57.8. The summed E-state index contributed by atoms with van der Waals surface area (Å²) >= 11 is 0. The highest BCUT2D eigenvalue weighted by molar-refractivity contribution is 5.97. The van der Waals surface area contributed by atoms with Crippen molar-refractivity contribution in [2.24, 2.45) is 5.73 Å². The maximum atomic E-state index is 13.6. The van der Waals surface area contributed by atoms with Gasteiger partial charge >= 0.3 is 6.18 Å². The molecule has 0 bridgehead atoms. The van der Waals surface area contributed by atoms with Gasteiger partial charge in [0.1, 0.15) is 23.4 Å². The minimum atomic E-state index is -4.53. The highest BCUT2D eigenvalue weighted by atomic mass is 19.4. The Morgan fingerprint density at radius 2 is 1.56 bits per heavy atom. The van der Waals surface area contributed by atoms with Gasteiger partial charge in [-0.3, -0.25) is 9.59 Å². The predicted molar refractivity (Wildman–Crippen MR) is 108 cm³/mol. The van der Waals surface area contributed by atoms with Crippen molar-refractivity contribution >= 4 is 11.8 Å². The van der Waals surface area contributed by atoms with Gasteiger partial charge in [0.05, 0.1) is 5.56 Å². The summed E-state index contributed by atoms with van der Waals surface area (Å²) in [7, 11) is 1.34. The Hall–Kier alpha value is -3.88. The smallest absolute Gasteiger partial charge is 0.416 e. The van der Waals surface area contributed by atoms with Gasteiger partial charge in [-0.2, -0.15) is 13.2 Å². The van der Waals surface area contributed by atoms with Crippen molar-refractivity contribution in [3.05, 3.63) is 95.3 Å². The largest absolute Gasteiger partial charge is 0.457 e. The molecule has 0 aliphatic carbocycles. The number of halogens is 4. The van der Waals surface area contributed by atoms with E-state index in [9.17, 15) is 27.2 Å². The molecule has 0 aromatic heterocycles. The van der Waals surface area contributed by atoms with E-state index < -0.39 is 35.4 Å². The fourth-order valence-electron chi connectivity index (χ4n) is 3.14. The fraction of sp³-hybridized carbons (Fsp3) is 0.130. The molecule has 32 heavy (non-hydrogen) atoms. The minimum Gasteiger partial charge on any atom is -0.457 e. The molecule has 166 valence electrons. The Kier molecular flexibility index (Phi) is 6.47. The second-order valence-electron chi connectivity index (χ2n) is 6.93. The second kappa shape index (κ2) is 9.09. The predicted octanol–water partition coefficient (Wildman–Crippen LogP) is 4.94. The first-order valence-electron chi connectivity index (χ1n) is 9.33. The zero-order chi connectivity index (χ0) is 23.5. The summed E-state index contributed by atoms with van der Waals surface area (Å²) in [4.78, 5) is 26.0. The van der Waals surface area contributed by atoms with Gasteiger partial charge in [0.15, 0.2) is 0 Å². The number of nitrogens with two attached hydrogens (primary N) is 1. The first kappa shape index (κ1) is 22.8. The molecule has 0 saturated carbocycles. The molecule has 0 spiro atoms. The average molecular weight is 446 g/mol. The number of ether oxygens (including phenoxy) is 1. The maximum Gasteiger partial charge on any atom is 0.416 e. The highest BCUT2D eigenvalue weighted by Gasteiger charge is 2.31. The Morgan fingerprint density at radius 1 is 0.938 bits per heavy atom. The monoisotopic (exact) mass is 446 g/mol. The lowest BCUT2D eigenvalue weighted by Crippen LogP contribution is -2.39. The van der Waals surface area contributed by atoms with Crippen LogP contribution in [-0.2, 0) is 11.0 Å². The summed E-state index contributed by atoms with van der Waals surface area (Å²) in [5.74, 6) is -2.01. The van der Waals surface area contributed by atoms with Crippen LogP contribution < -0.4 is 10.5 Å². The van der Waals surface area contributed by atoms with Crippen LogP contribution >= 0.6 is 0 Å². The SMILES string of the molecule is CN(C(=O)c1cccc(Oc2cccc(C(F)(F)F)c2)c1)C(C(N)=O)c1cccc(F)c1. The number of benzene rings is 3. The van der Waals surface area contributed by atoms with E-state index in [-0.39, 0.29) is 22.6 Å².